The molecule has 0 saturated carbocycles. The van der Waals surface area contributed by atoms with Crippen molar-refractivity contribution in [1.82, 2.24) is 0 Å². The smallest absolute Gasteiger partial charge is 0.248 e. The minimum Gasteiger partial charge on any atom is -0.324 e. The number of hydrogen-bond donors (Lipinski definition) is 1. The zero-order valence-corrected chi connectivity index (χ0v) is 16.1. The van der Waals surface area contributed by atoms with Crippen LogP contribution in [-0.2, 0) is 14.8 Å². The van der Waals surface area contributed by atoms with Crippen molar-refractivity contribution in [3.05, 3.63) is 59.4 Å². The molecule has 0 aliphatic carbocycles. The topological polar surface area (TPSA) is 66.5 Å². The zero-order chi connectivity index (χ0) is 19.5. The number of amides is 1. The van der Waals surface area contributed by atoms with Gasteiger partial charge in [-0.3, -0.25) is 9.10 Å². The Morgan fingerprint density at radius 2 is 1.77 bits per heavy atom. The van der Waals surface area contributed by atoms with E-state index in [1.165, 1.54) is 24.3 Å². The molecule has 0 aliphatic heterocycles. The van der Waals surface area contributed by atoms with Crippen molar-refractivity contribution in [1.29, 1.82) is 0 Å². The van der Waals surface area contributed by atoms with Crippen molar-refractivity contribution in [2.75, 3.05) is 15.9 Å². The van der Waals surface area contributed by atoms with Crippen molar-refractivity contribution < 1.29 is 17.6 Å². The lowest BCUT2D eigenvalue weighted by Gasteiger charge is -2.30. The lowest BCUT2D eigenvalue weighted by Crippen LogP contribution is -2.47. The standard InChI is InChI=1S/C19H23FN2O3S/c1-5-18(19(23)21-17-12-13(2)6-7-14(17)3)22(26(4,24)25)16-10-8-15(20)9-11-16/h6-12,18H,5H2,1-4H3,(H,21,23). The minimum absolute atomic E-state index is 0.247. The Morgan fingerprint density at radius 1 is 1.15 bits per heavy atom. The molecule has 1 unspecified atom stereocenters. The number of carbonyl (C=O) groups excluding carboxylic acids is 1. The summed E-state index contributed by atoms with van der Waals surface area (Å²) in [5.41, 5.74) is 2.75. The predicted octanol–water partition coefficient (Wildman–Crippen LogP) is 3.63. The molecule has 0 saturated heterocycles. The summed E-state index contributed by atoms with van der Waals surface area (Å²) in [6.45, 7) is 5.51. The highest BCUT2D eigenvalue weighted by Gasteiger charge is 2.31. The first kappa shape index (κ1) is 19.9. The molecule has 0 aromatic heterocycles. The van der Waals surface area contributed by atoms with Crippen LogP contribution in [0.25, 0.3) is 0 Å². The molecule has 0 spiro atoms. The van der Waals surface area contributed by atoms with E-state index >= 15 is 0 Å². The Bertz CT molecular complexity index is 896. The highest BCUT2D eigenvalue weighted by molar-refractivity contribution is 7.92. The number of carbonyl (C=O) groups is 1. The first-order valence-corrected chi connectivity index (χ1v) is 10.1. The first-order chi connectivity index (χ1) is 12.1. The highest BCUT2D eigenvalue weighted by Crippen LogP contribution is 2.24. The number of anilines is 2. The number of sulfonamides is 1. The first-order valence-electron chi connectivity index (χ1n) is 8.26. The number of halogens is 1. The molecular weight excluding hydrogens is 355 g/mol. The lowest BCUT2D eigenvalue weighted by atomic mass is 10.1. The molecule has 0 aliphatic rings. The molecule has 0 bridgehead atoms. The maximum Gasteiger partial charge on any atom is 0.248 e. The van der Waals surface area contributed by atoms with Crippen LogP contribution in [0.1, 0.15) is 24.5 Å². The van der Waals surface area contributed by atoms with Crippen molar-refractivity contribution in [2.45, 2.75) is 33.2 Å². The van der Waals surface area contributed by atoms with Crippen molar-refractivity contribution in [2.24, 2.45) is 0 Å². The third-order valence-electron chi connectivity index (χ3n) is 4.06. The van der Waals surface area contributed by atoms with Crippen molar-refractivity contribution >= 4 is 27.3 Å². The van der Waals surface area contributed by atoms with Crippen LogP contribution in [-0.4, -0.2) is 26.6 Å². The monoisotopic (exact) mass is 378 g/mol. The molecular formula is C19H23FN2O3S. The van der Waals surface area contributed by atoms with Crippen LogP contribution in [0.4, 0.5) is 15.8 Å². The van der Waals surface area contributed by atoms with E-state index < -0.39 is 27.8 Å². The molecule has 5 nitrogen and oxygen atoms in total. The van der Waals surface area contributed by atoms with Gasteiger partial charge in [0.25, 0.3) is 0 Å². The molecule has 0 heterocycles. The molecule has 2 rings (SSSR count). The van der Waals surface area contributed by atoms with Crippen LogP contribution >= 0.6 is 0 Å². The molecule has 0 radical (unpaired) electrons. The predicted molar refractivity (Wildman–Crippen MR) is 102 cm³/mol. The molecule has 0 fully saturated rings. The quantitative estimate of drug-likeness (QED) is 0.835. The van der Waals surface area contributed by atoms with Gasteiger partial charge in [0, 0.05) is 5.69 Å². The van der Waals surface area contributed by atoms with Crippen LogP contribution in [0.15, 0.2) is 42.5 Å². The summed E-state index contributed by atoms with van der Waals surface area (Å²) >= 11 is 0. The van der Waals surface area contributed by atoms with E-state index in [0.29, 0.717) is 5.69 Å². The Kier molecular flexibility index (Phi) is 6.02. The Labute approximate surface area is 153 Å². The molecule has 1 amide bonds. The fraction of sp³-hybridized carbons (Fsp3) is 0.316. The van der Waals surface area contributed by atoms with Gasteiger partial charge in [0.2, 0.25) is 15.9 Å². The van der Waals surface area contributed by atoms with E-state index in [4.69, 9.17) is 0 Å². The van der Waals surface area contributed by atoms with Gasteiger partial charge in [-0.1, -0.05) is 19.1 Å². The molecule has 140 valence electrons. The van der Waals surface area contributed by atoms with E-state index in [-0.39, 0.29) is 12.1 Å². The minimum atomic E-state index is -3.75. The number of nitrogens with zero attached hydrogens (tertiary/aromatic N) is 1. The fourth-order valence-corrected chi connectivity index (χ4v) is 3.95. The summed E-state index contributed by atoms with van der Waals surface area (Å²) in [6, 6.07) is 9.75. The zero-order valence-electron chi connectivity index (χ0n) is 15.3. The van der Waals surface area contributed by atoms with Gasteiger partial charge >= 0.3 is 0 Å². The van der Waals surface area contributed by atoms with Crippen LogP contribution in [0, 0.1) is 19.7 Å². The average molecular weight is 378 g/mol. The van der Waals surface area contributed by atoms with Crippen molar-refractivity contribution in [3.63, 3.8) is 0 Å². The molecule has 1 N–H and O–H groups in total. The molecule has 2 aromatic carbocycles. The molecule has 2 aromatic rings. The number of aryl methyl sites for hydroxylation is 2. The molecule has 26 heavy (non-hydrogen) atoms. The maximum atomic E-state index is 13.2. The Morgan fingerprint density at radius 3 is 2.31 bits per heavy atom. The van der Waals surface area contributed by atoms with Crippen LogP contribution in [0.2, 0.25) is 0 Å². The summed E-state index contributed by atoms with van der Waals surface area (Å²) < 4.78 is 38.9. The van der Waals surface area contributed by atoms with Gasteiger partial charge in [-0.05, 0) is 61.7 Å². The van der Waals surface area contributed by atoms with Gasteiger partial charge in [0.1, 0.15) is 11.9 Å². The second kappa shape index (κ2) is 7.86. The molecule has 7 heteroatoms. The van der Waals surface area contributed by atoms with Gasteiger partial charge in [0.05, 0.1) is 11.9 Å². The summed E-state index contributed by atoms with van der Waals surface area (Å²) in [5, 5.41) is 2.82. The van der Waals surface area contributed by atoms with Gasteiger partial charge in [0.15, 0.2) is 0 Å². The molecule has 1 atom stereocenters. The van der Waals surface area contributed by atoms with E-state index in [9.17, 15) is 17.6 Å². The third kappa shape index (κ3) is 4.60. The second-order valence-electron chi connectivity index (χ2n) is 6.27. The fourth-order valence-electron chi connectivity index (χ4n) is 2.73. The Hall–Kier alpha value is -2.41. The number of nitrogens with one attached hydrogen (secondary N) is 1. The average Bonchev–Trinajstić information content (AvgIpc) is 2.56. The highest BCUT2D eigenvalue weighted by atomic mass is 32.2. The van der Waals surface area contributed by atoms with Crippen LogP contribution < -0.4 is 9.62 Å². The summed E-state index contributed by atoms with van der Waals surface area (Å²) in [6.07, 6.45) is 1.30. The largest absolute Gasteiger partial charge is 0.324 e. The van der Waals surface area contributed by atoms with Gasteiger partial charge in [-0.25, -0.2) is 12.8 Å². The second-order valence-corrected chi connectivity index (χ2v) is 8.13. The lowest BCUT2D eigenvalue weighted by molar-refractivity contribution is -0.117. The van der Waals surface area contributed by atoms with E-state index in [1.54, 1.807) is 6.92 Å². The van der Waals surface area contributed by atoms with Crippen molar-refractivity contribution in [3.8, 4) is 0 Å². The summed E-state index contributed by atoms with van der Waals surface area (Å²) in [4.78, 5) is 12.8. The number of rotatable bonds is 6. The van der Waals surface area contributed by atoms with E-state index in [0.717, 1.165) is 21.7 Å². The number of hydrogen-bond acceptors (Lipinski definition) is 3. The van der Waals surface area contributed by atoms with Crippen LogP contribution in [0.5, 0.6) is 0 Å². The normalized spacial score (nSPS) is 12.5. The maximum absolute atomic E-state index is 13.2. The van der Waals surface area contributed by atoms with Gasteiger partial charge in [-0.15, -0.1) is 0 Å². The summed E-state index contributed by atoms with van der Waals surface area (Å²) in [5.74, 6) is -0.911. The number of benzene rings is 2. The Balaban J connectivity index is 2.39. The van der Waals surface area contributed by atoms with E-state index in [1.807, 2.05) is 32.0 Å². The van der Waals surface area contributed by atoms with Gasteiger partial charge in [-0.2, -0.15) is 0 Å². The van der Waals surface area contributed by atoms with E-state index in [2.05, 4.69) is 5.32 Å². The third-order valence-corrected chi connectivity index (χ3v) is 5.24. The SMILES string of the molecule is CCC(C(=O)Nc1cc(C)ccc1C)N(c1ccc(F)cc1)S(C)(=O)=O. The van der Waals surface area contributed by atoms with Gasteiger partial charge < -0.3 is 5.32 Å². The summed E-state index contributed by atoms with van der Waals surface area (Å²) in [7, 11) is -3.75. The van der Waals surface area contributed by atoms with Crippen LogP contribution in [0.3, 0.4) is 0 Å².